The van der Waals surface area contributed by atoms with Gasteiger partial charge in [-0.15, -0.1) is 5.10 Å². The first-order valence-corrected chi connectivity index (χ1v) is 12.0. The average molecular weight is 478 g/mol. The van der Waals surface area contributed by atoms with Gasteiger partial charge in [0.05, 0.1) is 18.2 Å². The Morgan fingerprint density at radius 2 is 1.94 bits per heavy atom. The molecule has 0 spiro atoms. The molecule has 1 aliphatic rings. The molecule has 34 heavy (non-hydrogen) atoms. The Morgan fingerprint density at radius 1 is 1.18 bits per heavy atom. The molecule has 176 valence electrons. The van der Waals surface area contributed by atoms with Crippen molar-refractivity contribution >= 4 is 35.3 Å². The molecule has 0 saturated heterocycles. The zero-order chi connectivity index (χ0) is 24.2. The van der Waals surface area contributed by atoms with E-state index >= 15 is 0 Å². The van der Waals surface area contributed by atoms with Crippen LogP contribution in [-0.2, 0) is 9.53 Å². The van der Waals surface area contributed by atoms with Gasteiger partial charge >= 0.3 is 5.97 Å². The molecule has 2 aromatic carbocycles. The van der Waals surface area contributed by atoms with Crippen LogP contribution in [0.3, 0.4) is 0 Å². The van der Waals surface area contributed by atoms with Crippen molar-refractivity contribution in [3.63, 3.8) is 0 Å². The fourth-order valence-corrected chi connectivity index (χ4v) is 4.51. The van der Waals surface area contributed by atoms with Gasteiger partial charge < -0.3 is 15.4 Å². The van der Waals surface area contributed by atoms with Crippen LogP contribution < -0.4 is 10.6 Å². The van der Waals surface area contributed by atoms with Crippen molar-refractivity contribution in [2.75, 3.05) is 23.5 Å². The molecule has 2 N–H and O–H groups in total. The van der Waals surface area contributed by atoms with Crippen LogP contribution in [0, 0.1) is 6.92 Å². The van der Waals surface area contributed by atoms with Gasteiger partial charge in [0.15, 0.2) is 0 Å². The molecule has 1 unspecified atom stereocenters. The number of aryl methyl sites for hydroxylation is 1. The van der Waals surface area contributed by atoms with Crippen molar-refractivity contribution < 1.29 is 14.3 Å². The normalized spacial score (nSPS) is 14.9. The largest absolute Gasteiger partial charge is 0.465 e. The first kappa shape index (κ1) is 23.6. The minimum atomic E-state index is -0.517. The summed E-state index contributed by atoms with van der Waals surface area (Å²) in [5.74, 6) is 0.821. The van der Waals surface area contributed by atoms with Crippen LogP contribution in [0.15, 0.2) is 65.0 Å². The predicted molar refractivity (Wildman–Crippen MR) is 133 cm³/mol. The zero-order valence-corrected chi connectivity index (χ0v) is 20.4. The molecule has 1 aromatic heterocycles. The number of anilines is 2. The van der Waals surface area contributed by atoms with Crippen LogP contribution in [-0.4, -0.2) is 39.5 Å². The van der Waals surface area contributed by atoms with Crippen molar-refractivity contribution in [2.24, 2.45) is 0 Å². The lowest BCUT2D eigenvalue weighted by atomic mass is 9.94. The summed E-state index contributed by atoms with van der Waals surface area (Å²) in [5, 5.41) is 11.6. The van der Waals surface area contributed by atoms with E-state index < -0.39 is 12.0 Å². The van der Waals surface area contributed by atoms with Gasteiger partial charge in [-0.25, -0.2) is 9.48 Å². The van der Waals surface area contributed by atoms with Gasteiger partial charge in [-0.2, -0.15) is 4.98 Å². The van der Waals surface area contributed by atoms with Crippen molar-refractivity contribution in [1.29, 1.82) is 0 Å². The highest BCUT2D eigenvalue weighted by molar-refractivity contribution is 7.99. The van der Waals surface area contributed by atoms with Crippen LogP contribution in [0.25, 0.3) is 0 Å². The number of rotatable bonds is 7. The Hall–Kier alpha value is -3.59. The number of amides is 1. The number of nitrogens with zero attached hydrogens (tertiary/aromatic N) is 3. The van der Waals surface area contributed by atoms with Gasteiger partial charge in [-0.1, -0.05) is 43.0 Å². The summed E-state index contributed by atoms with van der Waals surface area (Å²) in [6.07, 6.45) is 1.00. The molecule has 0 radical (unpaired) electrons. The summed E-state index contributed by atoms with van der Waals surface area (Å²) in [5.41, 5.74) is 4.23. The number of carbonyl (C=O) groups excluding carboxylic acids is 2. The lowest BCUT2D eigenvalue weighted by molar-refractivity contribution is -0.113. The lowest BCUT2D eigenvalue weighted by Gasteiger charge is -2.28. The number of allylic oxidation sites excluding steroid dienone is 1. The van der Waals surface area contributed by atoms with Crippen molar-refractivity contribution in [3.8, 4) is 0 Å². The molecule has 0 bridgehead atoms. The number of hydrogen-bond acceptors (Lipinski definition) is 7. The average Bonchev–Trinajstić information content (AvgIpc) is 3.23. The van der Waals surface area contributed by atoms with Crippen LogP contribution >= 0.6 is 11.8 Å². The zero-order valence-electron chi connectivity index (χ0n) is 19.6. The number of methoxy groups -OCH3 is 1. The number of benzene rings is 2. The summed E-state index contributed by atoms with van der Waals surface area (Å²) >= 11 is 1.57. The van der Waals surface area contributed by atoms with Gasteiger partial charge in [-0.3, -0.25) is 4.79 Å². The van der Waals surface area contributed by atoms with Crippen LogP contribution in [0.5, 0.6) is 0 Å². The van der Waals surface area contributed by atoms with Gasteiger partial charge in [0.25, 0.3) is 5.91 Å². The number of aromatic nitrogens is 3. The molecule has 9 heteroatoms. The Bertz CT molecular complexity index is 1250. The van der Waals surface area contributed by atoms with E-state index in [4.69, 9.17) is 9.84 Å². The second-order valence-corrected chi connectivity index (χ2v) is 9.08. The maximum atomic E-state index is 13.5. The van der Waals surface area contributed by atoms with Crippen LogP contribution in [0.1, 0.15) is 47.8 Å². The Morgan fingerprint density at radius 3 is 2.62 bits per heavy atom. The number of ether oxygens (including phenoxy) is 1. The van der Waals surface area contributed by atoms with E-state index in [0.717, 1.165) is 23.3 Å². The summed E-state index contributed by atoms with van der Waals surface area (Å²) in [7, 11) is 1.35. The fraction of sp³-hybridized carbons (Fsp3) is 0.280. The summed E-state index contributed by atoms with van der Waals surface area (Å²) in [6.45, 7) is 5.94. The van der Waals surface area contributed by atoms with E-state index in [0.29, 0.717) is 33.6 Å². The van der Waals surface area contributed by atoms with Crippen molar-refractivity contribution in [3.05, 3.63) is 76.5 Å². The molecular weight excluding hydrogens is 450 g/mol. The maximum Gasteiger partial charge on any atom is 0.337 e. The molecular formula is C25H27N5O3S. The molecule has 3 aromatic rings. The van der Waals surface area contributed by atoms with Gasteiger partial charge in [0.1, 0.15) is 6.04 Å². The van der Waals surface area contributed by atoms with E-state index in [-0.39, 0.29) is 5.91 Å². The number of thioether (sulfide) groups is 1. The van der Waals surface area contributed by atoms with E-state index in [2.05, 4.69) is 22.5 Å². The molecule has 1 atom stereocenters. The molecule has 1 amide bonds. The maximum absolute atomic E-state index is 13.5. The third kappa shape index (κ3) is 4.84. The number of hydrogen-bond donors (Lipinski definition) is 2. The van der Waals surface area contributed by atoms with Crippen LogP contribution in [0.4, 0.5) is 11.6 Å². The number of carbonyl (C=O) groups is 2. The van der Waals surface area contributed by atoms with Gasteiger partial charge in [0.2, 0.25) is 11.1 Å². The predicted octanol–water partition coefficient (Wildman–Crippen LogP) is 4.80. The topological polar surface area (TPSA) is 98.1 Å². The van der Waals surface area contributed by atoms with Crippen molar-refractivity contribution in [1.82, 2.24) is 14.8 Å². The van der Waals surface area contributed by atoms with Crippen LogP contribution in [0.2, 0.25) is 0 Å². The summed E-state index contributed by atoms with van der Waals surface area (Å²) in [4.78, 5) is 30.1. The molecule has 0 aliphatic carbocycles. The molecule has 8 nitrogen and oxygen atoms in total. The Kier molecular flexibility index (Phi) is 7.02. The SMILES string of the molecule is CCCSc1nc2n(n1)C(c1ccc(C(=O)OC)cc1)C(C(=O)Nc1cccc(C)c1)=C(C)N2. The number of nitrogens with one attached hydrogen (secondary N) is 2. The highest BCUT2D eigenvalue weighted by atomic mass is 32.2. The minimum absolute atomic E-state index is 0.235. The lowest BCUT2D eigenvalue weighted by Crippen LogP contribution is -2.31. The number of esters is 1. The summed E-state index contributed by atoms with van der Waals surface area (Å²) in [6, 6.07) is 14.2. The first-order valence-electron chi connectivity index (χ1n) is 11.0. The molecule has 0 fully saturated rings. The monoisotopic (exact) mass is 477 g/mol. The molecule has 1 aliphatic heterocycles. The highest BCUT2D eigenvalue weighted by Gasteiger charge is 2.34. The van der Waals surface area contributed by atoms with E-state index in [1.165, 1.54) is 7.11 Å². The summed E-state index contributed by atoms with van der Waals surface area (Å²) < 4.78 is 6.56. The minimum Gasteiger partial charge on any atom is -0.465 e. The Labute approximate surface area is 202 Å². The van der Waals surface area contributed by atoms with E-state index in [1.54, 1.807) is 28.6 Å². The smallest absolute Gasteiger partial charge is 0.337 e. The molecule has 4 rings (SSSR count). The standard InChI is InChI=1S/C25H27N5O3S/c1-5-13-34-25-28-24-26-16(3)20(22(31)27-19-8-6-7-15(2)14-19)21(30(24)29-25)17-9-11-18(12-10-17)23(32)33-4/h6-12,14,21H,5,13H2,1-4H3,(H,27,31)(H,26,28,29). The number of fused-ring (bicyclic) bond motifs is 1. The van der Waals surface area contributed by atoms with Gasteiger partial charge in [-0.05, 0) is 55.7 Å². The molecule has 2 heterocycles. The van der Waals surface area contributed by atoms with E-state index in [1.807, 2.05) is 50.2 Å². The first-order chi connectivity index (χ1) is 16.4. The third-order valence-corrected chi connectivity index (χ3v) is 6.48. The Balaban J connectivity index is 1.75. The van der Waals surface area contributed by atoms with E-state index in [9.17, 15) is 9.59 Å². The second kappa shape index (κ2) is 10.1. The quantitative estimate of drug-likeness (QED) is 0.372. The molecule has 0 saturated carbocycles. The van der Waals surface area contributed by atoms with Crippen molar-refractivity contribution in [2.45, 2.75) is 38.4 Å². The highest BCUT2D eigenvalue weighted by Crippen LogP contribution is 2.37. The third-order valence-electron chi connectivity index (χ3n) is 5.44. The van der Waals surface area contributed by atoms with Gasteiger partial charge in [0, 0.05) is 17.1 Å². The second-order valence-electron chi connectivity index (χ2n) is 8.01. The fourth-order valence-electron chi connectivity index (χ4n) is 3.83.